The van der Waals surface area contributed by atoms with Gasteiger partial charge in [-0.1, -0.05) is 5.16 Å². The van der Waals surface area contributed by atoms with Gasteiger partial charge in [-0.2, -0.15) is 0 Å². The van der Waals surface area contributed by atoms with E-state index in [1.165, 1.54) is 6.42 Å². The Balaban J connectivity index is 1.26. The van der Waals surface area contributed by atoms with Crippen LogP contribution in [0.25, 0.3) is 0 Å². The van der Waals surface area contributed by atoms with Crippen molar-refractivity contribution in [3.63, 3.8) is 0 Å². The number of nitrogens with zero attached hydrogens (tertiary/aromatic N) is 2. The molecule has 2 atom stereocenters. The standard InChI is InChI=1S/C19H30N2O4/c1-15-9-17(20-25-15)11-21-6-2-5-19(14-21)10-18(13-24-19)23-12-16-3-7-22-8-4-16/h9,16,18H,2-8,10-14H2,1H3/t18-,19+/m1/s1. The SMILES string of the molecule is Cc1cc(CN2CCC[C@]3(C[C@@H](OCC4CCOCC4)CO3)C2)no1. The lowest BCUT2D eigenvalue weighted by Crippen LogP contribution is -2.47. The predicted octanol–water partition coefficient (Wildman–Crippen LogP) is 2.55. The maximum Gasteiger partial charge on any atom is 0.133 e. The van der Waals surface area contributed by atoms with Gasteiger partial charge in [-0.25, -0.2) is 0 Å². The molecule has 4 heterocycles. The van der Waals surface area contributed by atoms with Gasteiger partial charge in [0.25, 0.3) is 0 Å². The molecule has 4 rings (SSSR count). The van der Waals surface area contributed by atoms with Crippen LogP contribution in [0.15, 0.2) is 10.6 Å². The van der Waals surface area contributed by atoms with E-state index >= 15 is 0 Å². The molecule has 6 nitrogen and oxygen atoms in total. The fraction of sp³-hybridized carbons (Fsp3) is 0.842. The average molecular weight is 350 g/mol. The van der Waals surface area contributed by atoms with Gasteiger partial charge in [0, 0.05) is 38.8 Å². The van der Waals surface area contributed by atoms with E-state index < -0.39 is 0 Å². The summed E-state index contributed by atoms with van der Waals surface area (Å²) in [4.78, 5) is 2.45. The zero-order chi connectivity index (χ0) is 17.1. The highest BCUT2D eigenvalue weighted by molar-refractivity contribution is 5.04. The molecule has 0 amide bonds. The fourth-order valence-electron chi connectivity index (χ4n) is 4.43. The zero-order valence-corrected chi connectivity index (χ0v) is 15.2. The second kappa shape index (κ2) is 7.74. The van der Waals surface area contributed by atoms with Gasteiger partial charge in [-0.15, -0.1) is 0 Å². The minimum Gasteiger partial charge on any atom is -0.381 e. The summed E-state index contributed by atoms with van der Waals surface area (Å²) in [5.74, 6) is 1.53. The van der Waals surface area contributed by atoms with E-state index in [1.807, 2.05) is 13.0 Å². The molecule has 140 valence electrons. The van der Waals surface area contributed by atoms with Crippen molar-refractivity contribution < 1.29 is 18.7 Å². The average Bonchev–Trinajstić information content (AvgIpc) is 3.20. The van der Waals surface area contributed by atoms with Gasteiger partial charge in [0.2, 0.25) is 0 Å². The van der Waals surface area contributed by atoms with Crippen LogP contribution in [-0.4, -0.2) is 61.3 Å². The topological polar surface area (TPSA) is 57.0 Å². The Labute approximate surface area is 149 Å². The molecule has 0 bridgehead atoms. The molecule has 0 aromatic carbocycles. The Hall–Kier alpha value is -0.950. The molecule has 1 aromatic rings. The van der Waals surface area contributed by atoms with E-state index in [1.54, 1.807) is 0 Å². The molecule has 0 saturated carbocycles. The second-order valence-electron chi connectivity index (χ2n) is 7.95. The van der Waals surface area contributed by atoms with Gasteiger partial charge in [0.15, 0.2) is 0 Å². The van der Waals surface area contributed by atoms with Crippen molar-refractivity contribution in [2.24, 2.45) is 5.92 Å². The molecule has 3 saturated heterocycles. The number of piperidine rings is 1. The molecule has 0 unspecified atom stereocenters. The van der Waals surface area contributed by atoms with E-state index in [0.717, 1.165) is 83.2 Å². The zero-order valence-electron chi connectivity index (χ0n) is 15.2. The first-order valence-corrected chi connectivity index (χ1v) is 9.69. The van der Waals surface area contributed by atoms with Crippen molar-refractivity contribution in [1.29, 1.82) is 0 Å². The highest BCUT2D eigenvalue weighted by atomic mass is 16.6. The lowest BCUT2D eigenvalue weighted by atomic mass is 9.89. The molecule has 0 aliphatic carbocycles. The Morgan fingerprint density at radius 1 is 1.36 bits per heavy atom. The van der Waals surface area contributed by atoms with Crippen LogP contribution in [0.4, 0.5) is 0 Å². The first-order chi connectivity index (χ1) is 12.2. The van der Waals surface area contributed by atoms with Crippen molar-refractivity contribution >= 4 is 0 Å². The molecule has 3 aliphatic heterocycles. The Morgan fingerprint density at radius 2 is 2.24 bits per heavy atom. The summed E-state index contributed by atoms with van der Waals surface area (Å²) >= 11 is 0. The minimum atomic E-state index is -0.0304. The van der Waals surface area contributed by atoms with Crippen LogP contribution in [0.3, 0.4) is 0 Å². The number of rotatable bonds is 5. The van der Waals surface area contributed by atoms with Gasteiger partial charge in [0.1, 0.15) is 5.76 Å². The molecule has 0 N–H and O–H groups in total. The second-order valence-corrected chi connectivity index (χ2v) is 7.95. The summed E-state index contributed by atoms with van der Waals surface area (Å²) in [6, 6.07) is 2.02. The number of aromatic nitrogens is 1. The first-order valence-electron chi connectivity index (χ1n) is 9.69. The summed E-state index contributed by atoms with van der Waals surface area (Å²) in [6.45, 7) is 8.21. The van der Waals surface area contributed by atoms with Gasteiger partial charge in [-0.05, 0) is 45.1 Å². The highest BCUT2D eigenvalue weighted by Gasteiger charge is 2.44. The highest BCUT2D eigenvalue weighted by Crippen LogP contribution is 2.36. The number of aryl methyl sites for hydroxylation is 1. The molecular weight excluding hydrogens is 320 g/mol. The van der Waals surface area contributed by atoms with Crippen LogP contribution in [-0.2, 0) is 20.8 Å². The van der Waals surface area contributed by atoms with E-state index in [9.17, 15) is 0 Å². The van der Waals surface area contributed by atoms with Crippen molar-refractivity contribution in [2.75, 3.05) is 39.5 Å². The van der Waals surface area contributed by atoms with E-state index in [4.69, 9.17) is 18.7 Å². The summed E-state index contributed by atoms with van der Waals surface area (Å²) in [5.41, 5.74) is 0.983. The summed E-state index contributed by atoms with van der Waals surface area (Å²) in [5, 5.41) is 4.13. The number of likely N-dealkylation sites (tertiary alicyclic amines) is 1. The molecule has 3 fully saturated rings. The van der Waals surface area contributed by atoms with Crippen molar-refractivity contribution in [2.45, 2.75) is 57.3 Å². The van der Waals surface area contributed by atoms with Crippen LogP contribution >= 0.6 is 0 Å². The number of hydrogen-bond acceptors (Lipinski definition) is 6. The van der Waals surface area contributed by atoms with E-state index in [0.29, 0.717) is 5.92 Å². The molecule has 3 aliphatic rings. The third-order valence-electron chi connectivity index (χ3n) is 5.76. The summed E-state index contributed by atoms with van der Waals surface area (Å²) in [6.07, 6.45) is 5.83. The van der Waals surface area contributed by atoms with Crippen LogP contribution < -0.4 is 0 Å². The van der Waals surface area contributed by atoms with Gasteiger partial charge in [-0.3, -0.25) is 4.90 Å². The van der Waals surface area contributed by atoms with E-state index in [2.05, 4.69) is 10.1 Å². The van der Waals surface area contributed by atoms with Crippen LogP contribution in [0, 0.1) is 12.8 Å². The largest absolute Gasteiger partial charge is 0.381 e. The quantitative estimate of drug-likeness (QED) is 0.813. The molecular formula is C19H30N2O4. The predicted molar refractivity (Wildman–Crippen MR) is 92.3 cm³/mol. The van der Waals surface area contributed by atoms with Crippen molar-refractivity contribution in [3.8, 4) is 0 Å². The Morgan fingerprint density at radius 3 is 3.04 bits per heavy atom. The first kappa shape index (κ1) is 17.5. The molecule has 1 aromatic heterocycles. The van der Waals surface area contributed by atoms with Gasteiger partial charge >= 0.3 is 0 Å². The number of ether oxygens (including phenoxy) is 3. The minimum absolute atomic E-state index is 0.0304. The lowest BCUT2D eigenvalue weighted by molar-refractivity contribution is -0.0558. The third kappa shape index (κ3) is 4.42. The maximum atomic E-state index is 6.27. The summed E-state index contributed by atoms with van der Waals surface area (Å²) < 4.78 is 23.1. The third-order valence-corrected chi connectivity index (χ3v) is 5.76. The summed E-state index contributed by atoms with van der Waals surface area (Å²) in [7, 11) is 0. The number of hydrogen-bond donors (Lipinski definition) is 0. The normalized spacial score (nSPS) is 31.8. The van der Waals surface area contributed by atoms with Crippen molar-refractivity contribution in [1.82, 2.24) is 10.1 Å². The smallest absolute Gasteiger partial charge is 0.133 e. The van der Waals surface area contributed by atoms with Gasteiger partial charge < -0.3 is 18.7 Å². The molecule has 0 radical (unpaired) electrons. The van der Waals surface area contributed by atoms with Crippen LogP contribution in [0.5, 0.6) is 0 Å². The van der Waals surface area contributed by atoms with Gasteiger partial charge in [0.05, 0.1) is 30.6 Å². The Bertz CT molecular complexity index is 557. The maximum absolute atomic E-state index is 6.27. The van der Waals surface area contributed by atoms with Crippen molar-refractivity contribution in [3.05, 3.63) is 17.5 Å². The van der Waals surface area contributed by atoms with E-state index in [-0.39, 0.29) is 11.7 Å². The Kier molecular flexibility index (Phi) is 5.41. The molecule has 25 heavy (non-hydrogen) atoms. The van der Waals surface area contributed by atoms with Crippen LogP contribution in [0.1, 0.15) is 43.6 Å². The fourth-order valence-corrected chi connectivity index (χ4v) is 4.43. The monoisotopic (exact) mass is 350 g/mol. The molecule has 6 heteroatoms. The van der Waals surface area contributed by atoms with Crippen LogP contribution in [0.2, 0.25) is 0 Å². The molecule has 1 spiro atoms. The lowest BCUT2D eigenvalue weighted by Gasteiger charge is -2.39.